The summed E-state index contributed by atoms with van der Waals surface area (Å²) >= 11 is 7.72. The smallest absolute Gasteiger partial charge is 0.266 e. The van der Waals surface area contributed by atoms with Crippen LogP contribution in [0.3, 0.4) is 0 Å². The van der Waals surface area contributed by atoms with Crippen LogP contribution in [0.4, 0.5) is 0 Å². The van der Waals surface area contributed by atoms with E-state index in [4.69, 9.17) is 11.6 Å². The van der Waals surface area contributed by atoms with Crippen LogP contribution in [0.2, 0.25) is 5.02 Å². The van der Waals surface area contributed by atoms with Crippen LogP contribution in [0.1, 0.15) is 9.67 Å². The normalized spacial score (nSPS) is 11.3. The Kier molecular flexibility index (Phi) is 2.77. The Morgan fingerprint density at radius 3 is 2.71 bits per heavy atom. The van der Waals surface area contributed by atoms with Gasteiger partial charge in [-0.05, 0) is 18.2 Å². The fourth-order valence-electron chi connectivity index (χ4n) is 2.27. The number of nitrogens with zero attached hydrogens (tertiary/aromatic N) is 3. The molecule has 4 nitrogen and oxygen atoms in total. The third-order valence-corrected chi connectivity index (χ3v) is 4.94. The Bertz CT molecular complexity index is 989. The number of halogens is 1. The minimum absolute atomic E-state index is 0.255. The maximum Gasteiger partial charge on any atom is 0.291 e. The number of aromatic nitrogens is 3. The number of hydrogen-bond acceptors (Lipinski definition) is 4. The summed E-state index contributed by atoms with van der Waals surface area (Å²) in [6.07, 6.45) is 0. The van der Waals surface area contributed by atoms with Crippen LogP contribution in [0.15, 0.2) is 48.5 Å². The molecule has 21 heavy (non-hydrogen) atoms. The van der Waals surface area contributed by atoms with Crippen molar-refractivity contribution in [2.75, 3.05) is 0 Å². The van der Waals surface area contributed by atoms with Crippen LogP contribution in [0, 0.1) is 0 Å². The highest BCUT2D eigenvalue weighted by Crippen LogP contribution is 2.35. The van der Waals surface area contributed by atoms with Gasteiger partial charge in [-0.2, -0.15) is 4.68 Å². The lowest BCUT2D eigenvalue weighted by molar-refractivity contribution is 0.0952. The zero-order valence-corrected chi connectivity index (χ0v) is 12.2. The van der Waals surface area contributed by atoms with Crippen molar-refractivity contribution in [2.45, 2.75) is 0 Å². The van der Waals surface area contributed by atoms with E-state index in [9.17, 15) is 4.79 Å². The van der Waals surface area contributed by atoms with E-state index in [0.717, 1.165) is 10.1 Å². The third-order valence-electron chi connectivity index (χ3n) is 3.27. The summed E-state index contributed by atoms with van der Waals surface area (Å²) in [5.41, 5.74) is 1.36. The van der Waals surface area contributed by atoms with Crippen LogP contribution < -0.4 is 0 Å². The van der Waals surface area contributed by atoms with Crippen LogP contribution in [-0.4, -0.2) is 20.9 Å². The van der Waals surface area contributed by atoms with Gasteiger partial charge in [-0.1, -0.05) is 47.1 Å². The van der Waals surface area contributed by atoms with Crippen LogP contribution >= 0.6 is 22.9 Å². The van der Waals surface area contributed by atoms with Crippen molar-refractivity contribution in [1.29, 1.82) is 0 Å². The molecule has 0 atom stereocenters. The van der Waals surface area contributed by atoms with Gasteiger partial charge in [0.15, 0.2) is 0 Å². The van der Waals surface area contributed by atoms with Gasteiger partial charge >= 0.3 is 0 Å². The Balaban J connectivity index is 1.92. The first-order valence-electron chi connectivity index (χ1n) is 6.28. The molecule has 2 aromatic heterocycles. The molecule has 0 saturated carbocycles. The number of para-hydroxylation sites is 1. The van der Waals surface area contributed by atoms with Gasteiger partial charge in [0.1, 0.15) is 10.4 Å². The summed E-state index contributed by atoms with van der Waals surface area (Å²) in [4.78, 5) is 13.2. The molecule has 0 amide bonds. The molecule has 0 N–H and O–H groups in total. The van der Waals surface area contributed by atoms with E-state index >= 15 is 0 Å². The largest absolute Gasteiger partial charge is 0.291 e. The van der Waals surface area contributed by atoms with E-state index in [1.54, 1.807) is 0 Å². The SMILES string of the molecule is O=C(c1sc2ccccc2c1Cl)n1nnc2ccccc21. The van der Waals surface area contributed by atoms with Gasteiger partial charge in [0.2, 0.25) is 0 Å². The molecule has 102 valence electrons. The minimum atomic E-state index is -0.255. The second-order valence-corrected chi connectivity index (χ2v) is 5.97. The van der Waals surface area contributed by atoms with E-state index in [1.165, 1.54) is 16.0 Å². The zero-order chi connectivity index (χ0) is 14.4. The van der Waals surface area contributed by atoms with Gasteiger partial charge in [0.25, 0.3) is 5.91 Å². The topological polar surface area (TPSA) is 47.8 Å². The second kappa shape index (κ2) is 4.65. The molecule has 0 spiro atoms. The quantitative estimate of drug-likeness (QED) is 0.534. The lowest BCUT2D eigenvalue weighted by Crippen LogP contribution is -2.12. The highest BCUT2D eigenvalue weighted by Gasteiger charge is 2.21. The summed E-state index contributed by atoms with van der Waals surface area (Å²) in [6, 6.07) is 15.0. The Morgan fingerprint density at radius 2 is 1.86 bits per heavy atom. The van der Waals surface area contributed by atoms with Crippen molar-refractivity contribution in [3.63, 3.8) is 0 Å². The molecule has 0 aliphatic rings. The lowest BCUT2D eigenvalue weighted by atomic mass is 10.2. The van der Waals surface area contributed by atoms with E-state index in [0.29, 0.717) is 20.9 Å². The fraction of sp³-hybridized carbons (Fsp3) is 0. The minimum Gasteiger partial charge on any atom is -0.266 e. The first kappa shape index (κ1) is 12.5. The number of benzene rings is 2. The molecule has 0 radical (unpaired) electrons. The van der Waals surface area contributed by atoms with Gasteiger partial charge in [-0.3, -0.25) is 4.79 Å². The average Bonchev–Trinajstić information content (AvgIpc) is 3.09. The molecule has 0 bridgehead atoms. The van der Waals surface area contributed by atoms with Gasteiger partial charge in [-0.25, -0.2) is 0 Å². The molecule has 2 aromatic carbocycles. The highest BCUT2D eigenvalue weighted by atomic mass is 35.5. The first-order valence-corrected chi connectivity index (χ1v) is 7.47. The van der Waals surface area contributed by atoms with E-state index in [2.05, 4.69) is 10.3 Å². The monoisotopic (exact) mass is 313 g/mol. The summed E-state index contributed by atoms with van der Waals surface area (Å²) in [5, 5.41) is 9.31. The van der Waals surface area contributed by atoms with Crippen molar-refractivity contribution >= 4 is 50.0 Å². The summed E-state index contributed by atoms with van der Waals surface area (Å²) in [6.45, 7) is 0. The zero-order valence-electron chi connectivity index (χ0n) is 10.7. The third kappa shape index (κ3) is 1.86. The van der Waals surface area contributed by atoms with Crippen molar-refractivity contribution in [3.05, 3.63) is 58.4 Å². The van der Waals surface area contributed by atoms with Crippen LogP contribution in [0.25, 0.3) is 21.1 Å². The number of thiophene rings is 1. The number of hydrogen-bond donors (Lipinski definition) is 0. The van der Waals surface area contributed by atoms with E-state index in [-0.39, 0.29) is 5.91 Å². The van der Waals surface area contributed by atoms with E-state index < -0.39 is 0 Å². The highest BCUT2D eigenvalue weighted by molar-refractivity contribution is 7.21. The van der Waals surface area contributed by atoms with Crippen molar-refractivity contribution in [2.24, 2.45) is 0 Å². The summed E-state index contributed by atoms with van der Waals surface area (Å²) < 4.78 is 2.28. The Morgan fingerprint density at radius 1 is 1.10 bits per heavy atom. The van der Waals surface area contributed by atoms with Gasteiger partial charge in [-0.15, -0.1) is 16.4 Å². The molecule has 0 unspecified atom stereocenters. The molecule has 0 fully saturated rings. The molecule has 0 aliphatic heterocycles. The number of carbonyl (C=O) groups excluding carboxylic acids is 1. The predicted octanol–water partition coefficient (Wildman–Crippen LogP) is 3.99. The summed E-state index contributed by atoms with van der Waals surface area (Å²) in [5.74, 6) is -0.255. The van der Waals surface area contributed by atoms with Crippen molar-refractivity contribution < 1.29 is 4.79 Å². The standard InChI is InChI=1S/C15H8ClN3OS/c16-13-9-5-1-4-8-12(9)21-14(13)15(20)19-11-7-3-2-6-10(11)17-18-19/h1-8H. The Hall–Kier alpha value is -2.24. The number of rotatable bonds is 1. The van der Waals surface area contributed by atoms with Gasteiger partial charge in [0.05, 0.1) is 10.5 Å². The first-order chi connectivity index (χ1) is 10.3. The number of fused-ring (bicyclic) bond motifs is 2. The van der Waals surface area contributed by atoms with Crippen molar-refractivity contribution in [3.8, 4) is 0 Å². The molecule has 0 aliphatic carbocycles. The van der Waals surface area contributed by atoms with Gasteiger partial charge < -0.3 is 0 Å². The molecule has 0 saturated heterocycles. The maximum absolute atomic E-state index is 12.7. The fourth-order valence-corrected chi connectivity index (χ4v) is 3.70. The number of carbonyl (C=O) groups is 1. The van der Waals surface area contributed by atoms with Crippen LogP contribution in [0.5, 0.6) is 0 Å². The molecule has 4 aromatic rings. The average molecular weight is 314 g/mol. The molecule has 4 rings (SSSR count). The molecule has 2 heterocycles. The van der Waals surface area contributed by atoms with E-state index in [1.807, 2.05) is 48.5 Å². The summed E-state index contributed by atoms with van der Waals surface area (Å²) in [7, 11) is 0. The van der Waals surface area contributed by atoms with Gasteiger partial charge in [0, 0.05) is 10.1 Å². The Labute approximate surface area is 128 Å². The molecule has 6 heteroatoms. The lowest BCUT2D eigenvalue weighted by Gasteiger charge is -1.99. The molecular weight excluding hydrogens is 306 g/mol. The van der Waals surface area contributed by atoms with Crippen molar-refractivity contribution in [1.82, 2.24) is 15.0 Å². The predicted molar refractivity (Wildman–Crippen MR) is 84.1 cm³/mol. The molecular formula is C15H8ClN3OS. The van der Waals surface area contributed by atoms with Crippen LogP contribution in [-0.2, 0) is 0 Å². The maximum atomic E-state index is 12.7. The second-order valence-electron chi connectivity index (χ2n) is 4.54.